The van der Waals surface area contributed by atoms with Gasteiger partial charge in [0.25, 0.3) is 0 Å². The summed E-state index contributed by atoms with van der Waals surface area (Å²) in [5.74, 6) is 0. The predicted octanol–water partition coefficient (Wildman–Crippen LogP) is 7.56. The Morgan fingerprint density at radius 2 is 0.600 bits per heavy atom. The highest BCUT2D eigenvalue weighted by atomic mass is 19.4. The zero-order valence-electron chi connectivity index (χ0n) is 15.0. The summed E-state index contributed by atoms with van der Waals surface area (Å²) in [5.41, 5.74) is -20.8. The van der Waals surface area contributed by atoms with Gasteiger partial charge in [-0.2, -0.15) is 52.7 Å². The van der Waals surface area contributed by atoms with Gasteiger partial charge in [-0.3, -0.25) is 0 Å². The molecule has 0 fully saturated rings. The van der Waals surface area contributed by atoms with Gasteiger partial charge in [0, 0.05) is 11.1 Å². The van der Waals surface area contributed by atoms with Crippen LogP contribution in [0, 0.1) is 0 Å². The predicted molar refractivity (Wildman–Crippen MR) is 74.9 cm³/mol. The van der Waals surface area contributed by atoms with Crippen LogP contribution in [0.25, 0.3) is 0 Å². The van der Waals surface area contributed by atoms with Gasteiger partial charge in [-0.1, -0.05) is 32.9 Å². The van der Waals surface area contributed by atoms with E-state index in [1.165, 1.54) is 0 Å². The molecule has 0 aromatic heterocycles. The topological polar surface area (TPSA) is 0 Å². The van der Waals surface area contributed by atoms with Crippen LogP contribution in [0.1, 0.15) is 37.5 Å². The Labute approximate surface area is 159 Å². The molecule has 1 aromatic rings. The zero-order chi connectivity index (χ0) is 24.4. The van der Waals surface area contributed by atoms with Gasteiger partial charge in [0.2, 0.25) is 0 Å². The SMILES string of the molecule is CC(C)(C)c1cc(C(F)(C(F)(F)F)C(F)(F)F)cc(C(F)(C(F)(F)F)C(F)(F)F)c1. The van der Waals surface area contributed by atoms with E-state index >= 15 is 0 Å². The summed E-state index contributed by atoms with van der Waals surface area (Å²) in [6.45, 7) is 2.95. The van der Waals surface area contributed by atoms with Crippen molar-refractivity contribution >= 4 is 0 Å². The molecule has 0 aliphatic rings. The third kappa shape index (κ3) is 4.05. The number of alkyl halides is 14. The van der Waals surface area contributed by atoms with Crippen molar-refractivity contribution in [1.82, 2.24) is 0 Å². The number of halogens is 14. The molecule has 0 aliphatic carbocycles. The molecule has 1 rings (SSSR count). The van der Waals surface area contributed by atoms with Crippen LogP contribution in [0.2, 0.25) is 0 Å². The molecule has 0 aliphatic heterocycles. The normalized spacial score (nSPS) is 15.5. The van der Waals surface area contributed by atoms with E-state index in [0.717, 1.165) is 20.8 Å². The van der Waals surface area contributed by atoms with Crippen molar-refractivity contribution in [3.8, 4) is 0 Å². The van der Waals surface area contributed by atoms with Crippen molar-refractivity contribution in [3.63, 3.8) is 0 Å². The van der Waals surface area contributed by atoms with Gasteiger partial charge < -0.3 is 0 Å². The summed E-state index contributed by atoms with van der Waals surface area (Å²) < 4.78 is 184. The third-order valence-corrected chi connectivity index (χ3v) is 4.16. The van der Waals surface area contributed by atoms with Crippen molar-refractivity contribution < 1.29 is 61.5 Å². The van der Waals surface area contributed by atoms with Crippen LogP contribution in [0.15, 0.2) is 18.2 Å². The monoisotopic (exact) mass is 470 g/mol. The number of rotatable bonds is 2. The average Bonchev–Trinajstić information content (AvgIpc) is 2.47. The lowest BCUT2D eigenvalue weighted by molar-refractivity contribution is -0.350. The number of hydrogen-bond acceptors (Lipinski definition) is 0. The molecule has 0 unspecified atom stereocenters. The van der Waals surface area contributed by atoms with Crippen LogP contribution < -0.4 is 0 Å². The van der Waals surface area contributed by atoms with Crippen molar-refractivity contribution in [2.24, 2.45) is 0 Å². The van der Waals surface area contributed by atoms with Gasteiger partial charge in [-0.05, 0) is 17.0 Å². The molecule has 0 spiro atoms. The second-order valence-corrected chi connectivity index (χ2v) is 7.36. The molecule has 0 atom stereocenters. The van der Waals surface area contributed by atoms with Crippen LogP contribution in [-0.2, 0) is 16.8 Å². The Hall–Kier alpha value is -1.76. The lowest BCUT2D eigenvalue weighted by Gasteiger charge is -2.35. The molecular formula is C16H12F14. The van der Waals surface area contributed by atoms with Gasteiger partial charge in [0.15, 0.2) is 0 Å². The zero-order valence-corrected chi connectivity index (χ0v) is 15.0. The van der Waals surface area contributed by atoms with E-state index in [4.69, 9.17) is 0 Å². The Kier molecular flexibility index (Phi) is 6.02. The largest absolute Gasteiger partial charge is 0.435 e. The van der Waals surface area contributed by atoms with Crippen LogP contribution in [0.3, 0.4) is 0 Å². The highest BCUT2D eigenvalue weighted by Gasteiger charge is 2.76. The quantitative estimate of drug-likeness (QED) is 0.392. The summed E-state index contributed by atoms with van der Waals surface area (Å²) in [4.78, 5) is 0. The van der Waals surface area contributed by atoms with E-state index in [-0.39, 0.29) is 12.1 Å². The maximum Gasteiger partial charge on any atom is 0.435 e. The van der Waals surface area contributed by atoms with Crippen LogP contribution in [0.4, 0.5) is 61.5 Å². The van der Waals surface area contributed by atoms with E-state index < -0.39 is 64.2 Å². The average molecular weight is 470 g/mol. The summed E-state index contributed by atoms with van der Waals surface area (Å²) in [7, 11) is 0. The Balaban J connectivity index is 4.19. The lowest BCUT2D eigenvalue weighted by atomic mass is 9.79. The smallest absolute Gasteiger partial charge is 0.218 e. The summed E-state index contributed by atoms with van der Waals surface area (Å²) in [5, 5.41) is 0. The van der Waals surface area contributed by atoms with E-state index in [9.17, 15) is 61.5 Å². The van der Waals surface area contributed by atoms with Crippen molar-refractivity contribution in [2.45, 2.75) is 62.2 Å². The summed E-state index contributed by atoms with van der Waals surface area (Å²) in [6.07, 6.45) is -27.4. The fourth-order valence-electron chi connectivity index (χ4n) is 2.43. The first kappa shape index (κ1) is 26.3. The Bertz CT molecular complexity index is 685. The number of benzene rings is 1. The van der Waals surface area contributed by atoms with Crippen molar-refractivity contribution in [3.05, 3.63) is 34.9 Å². The summed E-state index contributed by atoms with van der Waals surface area (Å²) >= 11 is 0. The van der Waals surface area contributed by atoms with E-state index in [0.29, 0.717) is 0 Å². The molecule has 0 nitrogen and oxygen atoms in total. The Morgan fingerprint density at radius 1 is 0.400 bits per heavy atom. The first-order valence-electron chi connectivity index (χ1n) is 7.63. The van der Waals surface area contributed by atoms with Crippen molar-refractivity contribution in [1.29, 1.82) is 0 Å². The van der Waals surface area contributed by atoms with Crippen LogP contribution in [-0.4, -0.2) is 24.7 Å². The molecule has 0 radical (unpaired) electrons. The summed E-state index contributed by atoms with van der Waals surface area (Å²) in [6, 6.07) is -1.45. The minimum Gasteiger partial charge on any atom is -0.218 e. The maximum absolute atomic E-state index is 14.3. The third-order valence-electron chi connectivity index (χ3n) is 4.16. The molecular weight excluding hydrogens is 458 g/mol. The molecule has 174 valence electrons. The lowest BCUT2D eigenvalue weighted by Crippen LogP contribution is -2.52. The Morgan fingerprint density at radius 3 is 0.767 bits per heavy atom. The molecule has 0 saturated carbocycles. The molecule has 30 heavy (non-hydrogen) atoms. The van der Waals surface area contributed by atoms with Gasteiger partial charge in [-0.25, -0.2) is 8.78 Å². The maximum atomic E-state index is 14.3. The molecule has 14 heteroatoms. The minimum atomic E-state index is -6.84. The fraction of sp³-hybridized carbons (Fsp3) is 0.625. The number of hydrogen-bond donors (Lipinski definition) is 0. The highest BCUT2D eigenvalue weighted by molar-refractivity contribution is 5.42. The molecule has 0 N–H and O–H groups in total. The van der Waals surface area contributed by atoms with Crippen molar-refractivity contribution in [2.75, 3.05) is 0 Å². The van der Waals surface area contributed by atoms with E-state index in [2.05, 4.69) is 0 Å². The van der Waals surface area contributed by atoms with Gasteiger partial charge in [0.05, 0.1) is 0 Å². The second kappa shape index (κ2) is 6.87. The van der Waals surface area contributed by atoms with Gasteiger partial charge in [-0.15, -0.1) is 0 Å². The minimum absolute atomic E-state index is 0.197. The molecule has 0 amide bonds. The molecule has 0 saturated heterocycles. The standard InChI is InChI=1S/C16H12F14/c1-10(2,3)7-4-8(11(17,13(19,20)21)14(22,23)24)6-9(5-7)12(18,15(25,26)27)16(28,29)30/h4-6H,1-3H3. The molecule has 0 bridgehead atoms. The fourth-order valence-corrected chi connectivity index (χ4v) is 2.43. The molecule has 1 aromatic carbocycles. The van der Waals surface area contributed by atoms with Gasteiger partial charge in [0.1, 0.15) is 0 Å². The van der Waals surface area contributed by atoms with Gasteiger partial charge >= 0.3 is 36.0 Å². The molecule has 0 heterocycles. The first-order chi connectivity index (χ1) is 12.8. The van der Waals surface area contributed by atoms with Crippen LogP contribution in [0.5, 0.6) is 0 Å². The van der Waals surface area contributed by atoms with E-state index in [1.54, 1.807) is 0 Å². The van der Waals surface area contributed by atoms with E-state index in [1.807, 2.05) is 0 Å². The van der Waals surface area contributed by atoms with Crippen LogP contribution >= 0.6 is 0 Å². The highest BCUT2D eigenvalue weighted by Crippen LogP contribution is 2.57. The first-order valence-corrected chi connectivity index (χ1v) is 7.63. The second-order valence-electron chi connectivity index (χ2n) is 7.36.